The molecular weight excluding hydrogens is 398 g/mol. The average molecular weight is 420 g/mol. The van der Waals surface area contributed by atoms with Crippen LogP contribution < -0.4 is 10.3 Å². The van der Waals surface area contributed by atoms with Crippen LogP contribution in [0.25, 0.3) is 22.0 Å². The molecule has 2 N–H and O–H groups in total. The number of nitrogens with one attached hydrogen (secondary N) is 2. The number of hydrogen-bond donors (Lipinski definition) is 2. The molecule has 152 valence electrons. The van der Waals surface area contributed by atoms with Gasteiger partial charge in [0, 0.05) is 17.0 Å². The standard InChI is InChI=1S/C23H21N3O3S/c1-15-12-13-18(22-19-10-6-7-11-20(19)23(27)25-24-22)14-21(15)30(28,29)26-16(2)17-8-4-3-5-9-17/h3-14,16,26H,1-2H3,(H,25,27)/t16-/m0/s1. The van der Waals surface area contributed by atoms with E-state index in [0.717, 1.165) is 5.56 Å². The SMILES string of the molecule is Cc1ccc(-c2n[nH]c(=O)c3ccccc23)cc1S(=O)(=O)N[C@@H](C)c1ccccc1. The largest absolute Gasteiger partial charge is 0.272 e. The second kappa shape index (κ2) is 7.85. The molecule has 0 radical (unpaired) electrons. The van der Waals surface area contributed by atoms with Gasteiger partial charge in [-0.2, -0.15) is 5.10 Å². The van der Waals surface area contributed by atoms with Crippen molar-refractivity contribution >= 4 is 20.8 Å². The maximum absolute atomic E-state index is 13.1. The Morgan fingerprint density at radius 3 is 2.33 bits per heavy atom. The number of fused-ring (bicyclic) bond motifs is 1. The van der Waals surface area contributed by atoms with Gasteiger partial charge in [0.05, 0.1) is 16.0 Å². The minimum absolute atomic E-state index is 0.180. The molecule has 1 heterocycles. The first-order valence-electron chi connectivity index (χ1n) is 9.52. The molecule has 0 saturated carbocycles. The Kier molecular flexibility index (Phi) is 5.24. The van der Waals surface area contributed by atoms with Gasteiger partial charge in [-0.05, 0) is 37.1 Å². The van der Waals surface area contributed by atoms with Crippen LogP contribution >= 0.6 is 0 Å². The van der Waals surface area contributed by atoms with Crippen LogP contribution in [-0.4, -0.2) is 18.6 Å². The molecule has 7 heteroatoms. The second-order valence-corrected chi connectivity index (χ2v) is 8.86. The van der Waals surface area contributed by atoms with E-state index in [1.807, 2.05) is 49.4 Å². The number of sulfonamides is 1. The third-order valence-corrected chi connectivity index (χ3v) is 6.76. The summed E-state index contributed by atoms with van der Waals surface area (Å²) in [6.45, 7) is 3.56. The summed E-state index contributed by atoms with van der Waals surface area (Å²) in [5.41, 5.74) is 2.36. The number of aromatic nitrogens is 2. The number of benzene rings is 3. The summed E-state index contributed by atoms with van der Waals surface area (Å²) in [6, 6.07) is 21.3. The molecule has 0 aliphatic heterocycles. The number of rotatable bonds is 5. The van der Waals surface area contributed by atoms with Gasteiger partial charge in [-0.1, -0.05) is 60.7 Å². The summed E-state index contributed by atoms with van der Waals surface area (Å²) in [5.74, 6) is 0. The Hall–Kier alpha value is -3.29. The summed E-state index contributed by atoms with van der Waals surface area (Å²) in [4.78, 5) is 12.3. The molecule has 0 bridgehead atoms. The highest BCUT2D eigenvalue weighted by atomic mass is 32.2. The van der Waals surface area contributed by atoms with E-state index in [0.29, 0.717) is 27.6 Å². The molecule has 0 spiro atoms. The van der Waals surface area contributed by atoms with Crippen molar-refractivity contribution in [2.45, 2.75) is 24.8 Å². The molecule has 0 aliphatic rings. The van der Waals surface area contributed by atoms with E-state index >= 15 is 0 Å². The fraction of sp³-hybridized carbons (Fsp3) is 0.130. The van der Waals surface area contributed by atoms with Gasteiger partial charge in [-0.25, -0.2) is 18.2 Å². The van der Waals surface area contributed by atoms with Crippen LogP contribution in [0.3, 0.4) is 0 Å². The molecule has 0 fully saturated rings. The average Bonchev–Trinajstić information content (AvgIpc) is 2.75. The molecule has 1 atom stereocenters. The van der Waals surface area contributed by atoms with Crippen LogP contribution in [0, 0.1) is 6.92 Å². The van der Waals surface area contributed by atoms with Crippen LogP contribution in [0.15, 0.2) is 82.5 Å². The van der Waals surface area contributed by atoms with E-state index in [1.54, 1.807) is 37.3 Å². The number of hydrogen-bond acceptors (Lipinski definition) is 4. The maximum atomic E-state index is 13.1. The van der Waals surface area contributed by atoms with Gasteiger partial charge in [0.25, 0.3) is 5.56 Å². The van der Waals surface area contributed by atoms with Gasteiger partial charge in [-0.15, -0.1) is 0 Å². The topological polar surface area (TPSA) is 91.9 Å². The van der Waals surface area contributed by atoms with Crippen LogP contribution in [0.4, 0.5) is 0 Å². The van der Waals surface area contributed by atoms with Gasteiger partial charge in [-0.3, -0.25) is 4.79 Å². The van der Waals surface area contributed by atoms with Crippen molar-refractivity contribution in [3.8, 4) is 11.3 Å². The lowest BCUT2D eigenvalue weighted by molar-refractivity contribution is 0.566. The van der Waals surface area contributed by atoms with E-state index in [9.17, 15) is 13.2 Å². The van der Waals surface area contributed by atoms with E-state index in [-0.39, 0.29) is 16.5 Å². The van der Waals surface area contributed by atoms with Crippen molar-refractivity contribution in [3.63, 3.8) is 0 Å². The molecule has 4 aromatic rings. The lowest BCUT2D eigenvalue weighted by Gasteiger charge is -2.16. The fourth-order valence-corrected chi connectivity index (χ4v) is 4.98. The molecule has 30 heavy (non-hydrogen) atoms. The van der Waals surface area contributed by atoms with Crippen molar-refractivity contribution in [1.82, 2.24) is 14.9 Å². The van der Waals surface area contributed by atoms with Crippen LogP contribution in [-0.2, 0) is 10.0 Å². The third kappa shape index (κ3) is 3.77. The van der Waals surface area contributed by atoms with Crippen molar-refractivity contribution in [3.05, 3.63) is 94.3 Å². The van der Waals surface area contributed by atoms with E-state index < -0.39 is 10.0 Å². The van der Waals surface area contributed by atoms with Crippen LogP contribution in [0.5, 0.6) is 0 Å². The first-order valence-corrected chi connectivity index (χ1v) is 11.0. The van der Waals surface area contributed by atoms with Crippen LogP contribution in [0.2, 0.25) is 0 Å². The Balaban J connectivity index is 1.78. The maximum Gasteiger partial charge on any atom is 0.272 e. The Morgan fingerprint density at radius 2 is 1.60 bits per heavy atom. The molecule has 6 nitrogen and oxygen atoms in total. The quantitative estimate of drug-likeness (QED) is 0.513. The van der Waals surface area contributed by atoms with Gasteiger partial charge in [0.15, 0.2) is 0 Å². The molecule has 0 saturated heterocycles. The number of H-pyrrole nitrogens is 1. The molecule has 0 unspecified atom stereocenters. The second-order valence-electron chi connectivity index (χ2n) is 7.18. The van der Waals surface area contributed by atoms with Crippen molar-refractivity contribution in [2.75, 3.05) is 0 Å². The Morgan fingerprint density at radius 1 is 0.933 bits per heavy atom. The Bertz CT molecular complexity index is 1380. The number of aryl methyl sites for hydroxylation is 1. The molecule has 4 rings (SSSR count). The summed E-state index contributed by atoms with van der Waals surface area (Å²) in [7, 11) is -3.78. The molecular formula is C23H21N3O3S. The zero-order chi connectivity index (χ0) is 21.3. The monoisotopic (exact) mass is 419 g/mol. The zero-order valence-electron chi connectivity index (χ0n) is 16.6. The summed E-state index contributed by atoms with van der Waals surface area (Å²) in [5, 5.41) is 7.85. The smallest absolute Gasteiger partial charge is 0.267 e. The highest BCUT2D eigenvalue weighted by Gasteiger charge is 2.22. The summed E-state index contributed by atoms with van der Waals surface area (Å²) < 4.78 is 29.0. The van der Waals surface area contributed by atoms with Gasteiger partial charge in [0.2, 0.25) is 10.0 Å². The van der Waals surface area contributed by atoms with E-state index in [4.69, 9.17) is 0 Å². The molecule has 3 aromatic carbocycles. The van der Waals surface area contributed by atoms with E-state index in [2.05, 4.69) is 14.9 Å². The predicted octanol–water partition coefficient (Wildman–Crippen LogP) is 3.94. The predicted molar refractivity (Wildman–Crippen MR) is 118 cm³/mol. The molecule has 1 aromatic heterocycles. The van der Waals surface area contributed by atoms with Gasteiger partial charge in [0.1, 0.15) is 0 Å². The third-order valence-electron chi connectivity index (χ3n) is 5.08. The van der Waals surface area contributed by atoms with Crippen molar-refractivity contribution < 1.29 is 8.42 Å². The van der Waals surface area contributed by atoms with Crippen LogP contribution in [0.1, 0.15) is 24.1 Å². The lowest BCUT2D eigenvalue weighted by atomic mass is 10.0. The van der Waals surface area contributed by atoms with Gasteiger partial charge >= 0.3 is 0 Å². The fourth-order valence-electron chi connectivity index (χ4n) is 3.48. The minimum atomic E-state index is -3.78. The van der Waals surface area contributed by atoms with E-state index in [1.165, 1.54) is 0 Å². The lowest BCUT2D eigenvalue weighted by Crippen LogP contribution is -2.27. The first kappa shape index (κ1) is 20.0. The van der Waals surface area contributed by atoms with Gasteiger partial charge < -0.3 is 0 Å². The number of nitrogens with zero attached hydrogens (tertiary/aromatic N) is 1. The number of aromatic amines is 1. The molecule has 0 aliphatic carbocycles. The van der Waals surface area contributed by atoms with Crippen molar-refractivity contribution in [1.29, 1.82) is 0 Å². The zero-order valence-corrected chi connectivity index (χ0v) is 17.4. The summed E-state index contributed by atoms with van der Waals surface area (Å²) in [6.07, 6.45) is 0. The summed E-state index contributed by atoms with van der Waals surface area (Å²) >= 11 is 0. The highest BCUT2D eigenvalue weighted by molar-refractivity contribution is 7.89. The molecule has 0 amide bonds. The minimum Gasteiger partial charge on any atom is -0.267 e. The normalized spacial score (nSPS) is 12.7. The first-order chi connectivity index (χ1) is 14.4. The highest BCUT2D eigenvalue weighted by Crippen LogP contribution is 2.28. The van der Waals surface area contributed by atoms with Crippen molar-refractivity contribution in [2.24, 2.45) is 0 Å². The Labute approximate surface area is 174 Å².